The van der Waals surface area contributed by atoms with Crippen LogP contribution in [0.15, 0.2) is 18.2 Å². The first-order valence-corrected chi connectivity index (χ1v) is 5.40. The highest BCUT2D eigenvalue weighted by atomic mass is 19.4. The Morgan fingerprint density at radius 1 is 1.32 bits per heavy atom. The second kappa shape index (κ2) is 4.26. The smallest absolute Gasteiger partial charge is 0.366 e. The van der Waals surface area contributed by atoms with Gasteiger partial charge in [-0.25, -0.2) is 0 Å². The first kappa shape index (κ1) is 13.4. The predicted octanol–water partition coefficient (Wildman–Crippen LogP) is 2.39. The highest BCUT2D eigenvalue weighted by molar-refractivity contribution is 5.76. The van der Waals surface area contributed by atoms with Crippen molar-refractivity contribution in [2.45, 2.75) is 24.6 Å². The Morgan fingerprint density at radius 3 is 2.32 bits per heavy atom. The van der Waals surface area contributed by atoms with Gasteiger partial charge in [-0.15, -0.1) is 0 Å². The number of rotatable bonds is 4. The Hall–Kier alpha value is -2.03. The number of para-hydroxylation sites is 1. The molecule has 0 aliphatic heterocycles. The number of hydrogen-bond acceptors (Lipinski definition) is 5. The molecule has 0 radical (unpaired) electrons. The van der Waals surface area contributed by atoms with Crippen molar-refractivity contribution in [1.82, 2.24) is 0 Å². The number of nitrogens with one attached hydrogen (secondary N) is 2. The lowest BCUT2D eigenvalue weighted by molar-refractivity contribution is -0.383. The van der Waals surface area contributed by atoms with Crippen LogP contribution in [0.25, 0.3) is 0 Å². The van der Waals surface area contributed by atoms with Gasteiger partial charge in [0, 0.05) is 0 Å². The van der Waals surface area contributed by atoms with Gasteiger partial charge in [0.2, 0.25) is 0 Å². The van der Waals surface area contributed by atoms with E-state index in [0.717, 1.165) is 0 Å². The number of halogens is 3. The number of anilines is 2. The fraction of sp³-hybridized carbons (Fsp3) is 0.400. The van der Waals surface area contributed by atoms with Gasteiger partial charge in [-0.05, 0) is 25.0 Å². The molecule has 0 saturated heterocycles. The molecule has 0 amide bonds. The third-order valence-corrected chi connectivity index (χ3v) is 3.04. The van der Waals surface area contributed by atoms with Gasteiger partial charge in [0.15, 0.2) is 0 Å². The van der Waals surface area contributed by atoms with Crippen LogP contribution in [-0.4, -0.2) is 16.6 Å². The third kappa shape index (κ3) is 2.28. The second-order valence-electron chi connectivity index (χ2n) is 4.31. The van der Waals surface area contributed by atoms with Gasteiger partial charge in [0.25, 0.3) is 0 Å². The van der Waals surface area contributed by atoms with Gasteiger partial charge < -0.3 is 10.7 Å². The van der Waals surface area contributed by atoms with Crippen LogP contribution in [0, 0.1) is 10.1 Å². The van der Waals surface area contributed by atoms with Crippen molar-refractivity contribution in [2.75, 3.05) is 10.7 Å². The minimum absolute atomic E-state index is 0.0482. The van der Waals surface area contributed by atoms with Crippen molar-refractivity contribution in [3.8, 4) is 0 Å². The summed E-state index contributed by atoms with van der Waals surface area (Å²) in [6.07, 6.45) is -4.66. The Labute approximate surface area is 105 Å². The van der Waals surface area contributed by atoms with Crippen LogP contribution in [0.3, 0.4) is 0 Å². The summed E-state index contributed by atoms with van der Waals surface area (Å²) in [5.74, 6) is 5.12. The summed E-state index contributed by atoms with van der Waals surface area (Å²) in [5.41, 5.74) is -0.712. The van der Waals surface area contributed by atoms with Gasteiger partial charge in [0.1, 0.15) is 16.9 Å². The molecule has 1 saturated carbocycles. The van der Waals surface area contributed by atoms with E-state index in [9.17, 15) is 23.3 Å². The van der Waals surface area contributed by atoms with Gasteiger partial charge in [-0.2, -0.15) is 13.2 Å². The van der Waals surface area contributed by atoms with E-state index in [2.05, 4.69) is 10.7 Å². The summed E-state index contributed by atoms with van der Waals surface area (Å²) < 4.78 is 38.5. The normalized spacial score (nSPS) is 16.8. The molecule has 0 aromatic heterocycles. The van der Waals surface area contributed by atoms with E-state index < -0.39 is 22.3 Å². The number of hydrogen-bond donors (Lipinski definition) is 3. The molecule has 0 spiro atoms. The third-order valence-electron chi connectivity index (χ3n) is 3.04. The molecule has 1 aromatic carbocycles. The lowest BCUT2D eigenvalue weighted by atomic mass is 10.2. The number of hydrazine groups is 1. The fourth-order valence-electron chi connectivity index (χ4n) is 1.82. The van der Waals surface area contributed by atoms with Gasteiger partial charge in [-0.3, -0.25) is 16.0 Å². The molecule has 0 atom stereocenters. The van der Waals surface area contributed by atoms with E-state index in [-0.39, 0.29) is 24.2 Å². The average Bonchev–Trinajstić information content (AvgIpc) is 3.08. The summed E-state index contributed by atoms with van der Waals surface area (Å²) in [6.45, 7) is 0. The molecular formula is C10H11F3N4O2. The lowest BCUT2D eigenvalue weighted by Gasteiger charge is -2.22. The zero-order chi connectivity index (χ0) is 14.3. The molecule has 104 valence electrons. The molecular weight excluding hydrogens is 265 g/mol. The molecule has 1 aliphatic rings. The van der Waals surface area contributed by atoms with Crippen LogP contribution in [-0.2, 0) is 0 Å². The first-order chi connectivity index (χ1) is 8.81. The minimum Gasteiger partial charge on any atom is -0.366 e. The molecule has 1 aromatic rings. The van der Waals surface area contributed by atoms with Crippen molar-refractivity contribution in [3.63, 3.8) is 0 Å². The standard InChI is InChI=1S/C10H11F3N4O2/c11-10(12,13)9(4-5-9)15-6-2-1-3-7(16-14)8(6)17(18)19/h1-3,15-16H,4-5,14H2. The Kier molecular flexibility index (Phi) is 3.01. The Balaban J connectivity index is 2.39. The maximum Gasteiger partial charge on any atom is 0.411 e. The highest BCUT2D eigenvalue weighted by Crippen LogP contribution is 2.52. The summed E-state index contributed by atoms with van der Waals surface area (Å²) >= 11 is 0. The fourth-order valence-corrected chi connectivity index (χ4v) is 1.82. The van der Waals surface area contributed by atoms with E-state index >= 15 is 0 Å². The number of nitrogens with two attached hydrogens (primary N) is 1. The van der Waals surface area contributed by atoms with E-state index in [1.54, 1.807) is 0 Å². The van der Waals surface area contributed by atoms with Crippen molar-refractivity contribution < 1.29 is 18.1 Å². The van der Waals surface area contributed by atoms with Crippen LogP contribution < -0.4 is 16.6 Å². The minimum atomic E-state index is -4.45. The van der Waals surface area contributed by atoms with Crippen LogP contribution in [0.1, 0.15) is 12.8 Å². The predicted molar refractivity (Wildman–Crippen MR) is 62.5 cm³/mol. The SMILES string of the molecule is NNc1cccc(NC2(C(F)(F)F)CC2)c1[N+](=O)[O-]. The van der Waals surface area contributed by atoms with Gasteiger partial charge in [0.05, 0.1) is 4.92 Å². The summed E-state index contributed by atoms with van der Waals surface area (Å²) in [6, 6.07) is 3.93. The Morgan fingerprint density at radius 2 is 1.89 bits per heavy atom. The van der Waals surface area contributed by atoms with E-state index in [1.807, 2.05) is 0 Å². The zero-order valence-corrected chi connectivity index (χ0v) is 9.62. The molecule has 9 heteroatoms. The van der Waals surface area contributed by atoms with Crippen molar-refractivity contribution in [3.05, 3.63) is 28.3 Å². The largest absolute Gasteiger partial charge is 0.411 e. The van der Waals surface area contributed by atoms with Gasteiger partial charge >= 0.3 is 11.9 Å². The van der Waals surface area contributed by atoms with Crippen LogP contribution in [0.4, 0.5) is 30.2 Å². The molecule has 6 nitrogen and oxygen atoms in total. The topological polar surface area (TPSA) is 93.2 Å². The molecule has 0 bridgehead atoms. The maximum absolute atomic E-state index is 12.8. The van der Waals surface area contributed by atoms with Crippen LogP contribution in [0.2, 0.25) is 0 Å². The molecule has 0 heterocycles. The van der Waals surface area contributed by atoms with Gasteiger partial charge in [-0.1, -0.05) is 6.07 Å². The molecule has 2 rings (SSSR count). The van der Waals surface area contributed by atoms with Crippen molar-refractivity contribution >= 4 is 17.1 Å². The highest BCUT2D eigenvalue weighted by Gasteiger charge is 2.64. The summed E-state index contributed by atoms with van der Waals surface area (Å²) in [5, 5.41) is 13.2. The Bertz CT molecular complexity index is 514. The summed E-state index contributed by atoms with van der Waals surface area (Å²) in [4.78, 5) is 10.2. The average molecular weight is 276 g/mol. The quantitative estimate of drug-likeness (QED) is 0.446. The number of nitro groups is 1. The molecule has 1 fully saturated rings. The van der Waals surface area contributed by atoms with Crippen LogP contribution >= 0.6 is 0 Å². The molecule has 1 aliphatic carbocycles. The number of alkyl halides is 3. The molecule has 0 unspecified atom stereocenters. The van der Waals surface area contributed by atoms with Crippen molar-refractivity contribution in [2.24, 2.45) is 5.84 Å². The number of nitrogens with zero attached hydrogens (tertiary/aromatic N) is 1. The van der Waals surface area contributed by atoms with E-state index in [1.165, 1.54) is 18.2 Å². The second-order valence-corrected chi connectivity index (χ2v) is 4.31. The zero-order valence-electron chi connectivity index (χ0n) is 9.62. The van der Waals surface area contributed by atoms with E-state index in [4.69, 9.17) is 5.84 Å². The molecule has 19 heavy (non-hydrogen) atoms. The number of benzene rings is 1. The van der Waals surface area contributed by atoms with Crippen LogP contribution in [0.5, 0.6) is 0 Å². The van der Waals surface area contributed by atoms with Crippen molar-refractivity contribution in [1.29, 1.82) is 0 Å². The monoisotopic (exact) mass is 276 g/mol. The summed E-state index contributed by atoms with van der Waals surface area (Å²) in [7, 11) is 0. The lowest BCUT2D eigenvalue weighted by Crippen LogP contribution is -2.38. The molecule has 4 N–H and O–H groups in total. The number of nitro benzene ring substituents is 1. The first-order valence-electron chi connectivity index (χ1n) is 5.40. The maximum atomic E-state index is 12.8. The number of nitrogen functional groups attached to an aromatic ring is 1. The van der Waals surface area contributed by atoms with E-state index in [0.29, 0.717) is 0 Å².